The molecular weight excluding hydrogens is 226 g/mol. The molecular formula is C15H23NO2. The monoisotopic (exact) mass is 249 g/mol. The summed E-state index contributed by atoms with van der Waals surface area (Å²) < 4.78 is 5.27. The van der Waals surface area contributed by atoms with E-state index in [4.69, 9.17) is 10.5 Å². The Morgan fingerprint density at radius 1 is 1.22 bits per heavy atom. The minimum absolute atomic E-state index is 0.112. The second kappa shape index (κ2) is 7.75. The Kier molecular flexibility index (Phi) is 6.26. The van der Waals surface area contributed by atoms with E-state index in [1.807, 2.05) is 24.3 Å². The predicted octanol–water partition coefficient (Wildman–Crippen LogP) is 3.18. The van der Waals surface area contributed by atoms with Gasteiger partial charge in [-0.2, -0.15) is 0 Å². The van der Waals surface area contributed by atoms with Gasteiger partial charge in [0.2, 0.25) is 0 Å². The van der Waals surface area contributed by atoms with Gasteiger partial charge in [0.25, 0.3) is 0 Å². The van der Waals surface area contributed by atoms with Crippen LogP contribution in [0.4, 0.5) is 5.69 Å². The van der Waals surface area contributed by atoms with E-state index >= 15 is 0 Å². The molecule has 0 heterocycles. The van der Waals surface area contributed by atoms with Crippen LogP contribution in [0.3, 0.4) is 0 Å². The van der Waals surface area contributed by atoms with Gasteiger partial charge >= 0.3 is 5.97 Å². The fourth-order valence-corrected chi connectivity index (χ4v) is 1.74. The zero-order chi connectivity index (χ0) is 13.4. The Balaban J connectivity index is 2.26. The summed E-state index contributed by atoms with van der Waals surface area (Å²) in [5.74, 6) is 0.379. The first-order valence-corrected chi connectivity index (χ1v) is 6.65. The molecule has 0 aromatic heterocycles. The first kappa shape index (κ1) is 14.6. The number of esters is 1. The summed E-state index contributed by atoms with van der Waals surface area (Å²) in [6, 6.07) is 7.60. The number of hydrogen-bond acceptors (Lipinski definition) is 3. The lowest BCUT2D eigenvalue weighted by Gasteiger charge is -2.12. The second-order valence-corrected chi connectivity index (χ2v) is 4.61. The van der Waals surface area contributed by atoms with Crippen molar-refractivity contribution in [1.29, 1.82) is 0 Å². The number of aryl methyl sites for hydroxylation is 1. The highest BCUT2D eigenvalue weighted by atomic mass is 16.5. The van der Waals surface area contributed by atoms with Crippen LogP contribution < -0.4 is 5.73 Å². The number of anilines is 1. The van der Waals surface area contributed by atoms with Crippen LogP contribution in [0, 0.1) is 5.92 Å². The van der Waals surface area contributed by atoms with Gasteiger partial charge in [-0.05, 0) is 30.0 Å². The highest BCUT2D eigenvalue weighted by Gasteiger charge is 2.08. The predicted molar refractivity (Wildman–Crippen MR) is 74.2 cm³/mol. The van der Waals surface area contributed by atoms with Gasteiger partial charge in [0.15, 0.2) is 0 Å². The normalized spacial score (nSPS) is 10.6. The molecule has 0 fully saturated rings. The van der Waals surface area contributed by atoms with Crippen molar-refractivity contribution >= 4 is 11.7 Å². The smallest absolute Gasteiger partial charge is 0.306 e. The van der Waals surface area contributed by atoms with Crippen LogP contribution >= 0.6 is 0 Å². The van der Waals surface area contributed by atoms with Crippen molar-refractivity contribution in [3.8, 4) is 0 Å². The molecule has 0 bridgehead atoms. The molecule has 3 heteroatoms. The number of rotatable bonds is 7. The first-order chi connectivity index (χ1) is 8.65. The van der Waals surface area contributed by atoms with Gasteiger partial charge in [-0.15, -0.1) is 0 Å². The molecule has 0 aliphatic rings. The Bertz CT molecular complexity index is 355. The maximum atomic E-state index is 11.6. The molecule has 0 amide bonds. The van der Waals surface area contributed by atoms with Crippen molar-refractivity contribution in [1.82, 2.24) is 0 Å². The Morgan fingerprint density at radius 2 is 1.83 bits per heavy atom. The number of ether oxygens (including phenoxy) is 1. The summed E-state index contributed by atoms with van der Waals surface area (Å²) in [7, 11) is 0. The second-order valence-electron chi connectivity index (χ2n) is 4.61. The van der Waals surface area contributed by atoms with E-state index in [9.17, 15) is 4.79 Å². The molecule has 0 saturated heterocycles. The van der Waals surface area contributed by atoms with Crippen molar-refractivity contribution in [2.24, 2.45) is 5.92 Å². The molecule has 1 rings (SSSR count). The van der Waals surface area contributed by atoms with E-state index < -0.39 is 0 Å². The fraction of sp³-hybridized carbons (Fsp3) is 0.533. The summed E-state index contributed by atoms with van der Waals surface area (Å²) in [4.78, 5) is 11.6. The Hall–Kier alpha value is -1.51. The SMILES string of the molecule is CCC(CC)COC(=O)CCc1ccc(N)cc1. The number of hydrogen-bond donors (Lipinski definition) is 1. The van der Waals surface area contributed by atoms with Gasteiger partial charge in [0.1, 0.15) is 0 Å². The topological polar surface area (TPSA) is 52.3 Å². The van der Waals surface area contributed by atoms with Gasteiger partial charge in [-0.3, -0.25) is 4.79 Å². The molecule has 1 aromatic rings. The zero-order valence-electron chi connectivity index (χ0n) is 11.3. The molecule has 0 aliphatic heterocycles. The van der Waals surface area contributed by atoms with Crippen molar-refractivity contribution in [2.45, 2.75) is 39.5 Å². The number of nitrogens with two attached hydrogens (primary N) is 1. The summed E-state index contributed by atoms with van der Waals surface area (Å²) >= 11 is 0. The van der Waals surface area contributed by atoms with Crippen LogP contribution in [-0.2, 0) is 16.0 Å². The average Bonchev–Trinajstić information content (AvgIpc) is 2.39. The molecule has 1 aromatic carbocycles. The van der Waals surface area contributed by atoms with Gasteiger partial charge < -0.3 is 10.5 Å². The van der Waals surface area contributed by atoms with Crippen LogP contribution in [-0.4, -0.2) is 12.6 Å². The van der Waals surface area contributed by atoms with Crippen molar-refractivity contribution in [2.75, 3.05) is 12.3 Å². The van der Waals surface area contributed by atoms with Gasteiger partial charge in [-0.25, -0.2) is 0 Å². The van der Waals surface area contributed by atoms with E-state index in [1.54, 1.807) is 0 Å². The highest BCUT2D eigenvalue weighted by Crippen LogP contribution is 2.10. The molecule has 0 atom stereocenters. The van der Waals surface area contributed by atoms with E-state index in [-0.39, 0.29) is 5.97 Å². The van der Waals surface area contributed by atoms with Crippen molar-refractivity contribution < 1.29 is 9.53 Å². The number of carbonyl (C=O) groups excluding carboxylic acids is 1. The molecule has 100 valence electrons. The lowest BCUT2D eigenvalue weighted by molar-refractivity contribution is -0.145. The van der Waals surface area contributed by atoms with Crippen molar-refractivity contribution in [3.05, 3.63) is 29.8 Å². The minimum Gasteiger partial charge on any atom is -0.465 e. The maximum absolute atomic E-state index is 11.6. The van der Waals surface area contributed by atoms with Gasteiger partial charge in [0, 0.05) is 12.1 Å². The quantitative estimate of drug-likeness (QED) is 0.596. The molecule has 3 nitrogen and oxygen atoms in total. The Labute approximate surface area is 109 Å². The van der Waals surface area contributed by atoms with Crippen molar-refractivity contribution in [3.63, 3.8) is 0 Å². The average molecular weight is 249 g/mol. The molecule has 18 heavy (non-hydrogen) atoms. The molecule has 0 aliphatic carbocycles. The third-order valence-electron chi connectivity index (χ3n) is 3.23. The largest absolute Gasteiger partial charge is 0.465 e. The highest BCUT2D eigenvalue weighted by molar-refractivity contribution is 5.69. The lowest BCUT2D eigenvalue weighted by Crippen LogP contribution is -2.13. The number of carbonyl (C=O) groups is 1. The van der Waals surface area contributed by atoms with E-state index in [2.05, 4.69) is 13.8 Å². The van der Waals surface area contributed by atoms with Crippen LogP contribution in [0.2, 0.25) is 0 Å². The molecule has 2 N–H and O–H groups in total. The van der Waals surface area contributed by atoms with Crippen LogP contribution in [0.25, 0.3) is 0 Å². The lowest BCUT2D eigenvalue weighted by atomic mass is 10.1. The van der Waals surface area contributed by atoms with Gasteiger partial charge in [0.05, 0.1) is 6.61 Å². The summed E-state index contributed by atoms with van der Waals surface area (Å²) in [6.45, 7) is 4.79. The van der Waals surface area contributed by atoms with Crippen LogP contribution in [0.1, 0.15) is 38.7 Å². The van der Waals surface area contributed by atoms with E-state index in [0.29, 0.717) is 25.4 Å². The standard InChI is InChI=1S/C15H23NO2/c1-3-12(4-2)11-18-15(17)10-7-13-5-8-14(16)9-6-13/h5-6,8-9,12H,3-4,7,10-11,16H2,1-2H3. The Morgan fingerprint density at radius 3 is 2.39 bits per heavy atom. The minimum atomic E-state index is -0.112. The third kappa shape index (κ3) is 5.21. The summed E-state index contributed by atoms with van der Waals surface area (Å²) in [5, 5.41) is 0. The fourth-order valence-electron chi connectivity index (χ4n) is 1.74. The van der Waals surface area contributed by atoms with E-state index in [1.165, 1.54) is 0 Å². The third-order valence-corrected chi connectivity index (χ3v) is 3.23. The number of benzene rings is 1. The molecule has 0 radical (unpaired) electrons. The zero-order valence-corrected chi connectivity index (χ0v) is 11.3. The molecule has 0 spiro atoms. The summed E-state index contributed by atoms with van der Waals surface area (Å²) in [6.07, 6.45) is 3.26. The van der Waals surface area contributed by atoms with E-state index in [0.717, 1.165) is 24.1 Å². The first-order valence-electron chi connectivity index (χ1n) is 6.65. The summed E-state index contributed by atoms with van der Waals surface area (Å²) in [5.41, 5.74) is 7.46. The van der Waals surface area contributed by atoms with Crippen LogP contribution in [0.5, 0.6) is 0 Å². The van der Waals surface area contributed by atoms with Gasteiger partial charge in [-0.1, -0.05) is 38.8 Å². The molecule has 0 saturated carbocycles. The maximum Gasteiger partial charge on any atom is 0.306 e. The molecule has 0 unspecified atom stereocenters. The number of nitrogen functional groups attached to an aromatic ring is 1. The van der Waals surface area contributed by atoms with Crippen LogP contribution in [0.15, 0.2) is 24.3 Å².